The summed E-state index contributed by atoms with van der Waals surface area (Å²) >= 11 is 6.45. The SMILES string of the molecule is Cc1c(CC(=O)CCC2(C#N)CC2)cc(Cl)cc1CN1CCN(C(=O)C2CCCC2)[C@@H](C)C1. The van der Waals surface area contributed by atoms with E-state index in [4.69, 9.17) is 11.6 Å². The summed E-state index contributed by atoms with van der Waals surface area (Å²) < 4.78 is 0. The van der Waals surface area contributed by atoms with Gasteiger partial charge in [-0.1, -0.05) is 24.4 Å². The Balaban J connectivity index is 1.35. The fraction of sp³-hybridized carbons (Fsp3) is 0.667. The predicted molar refractivity (Wildman–Crippen MR) is 130 cm³/mol. The van der Waals surface area contributed by atoms with Crippen molar-refractivity contribution in [1.82, 2.24) is 9.80 Å². The van der Waals surface area contributed by atoms with Gasteiger partial charge < -0.3 is 4.90 Å². The molecule has 0 bridgehead atoms. The Morgan fingerprint density at radius 1 is 1.18 bits per heavy atom. The van der Waals surface area contributed by atoms with E-state index in [-0.39, 0.29) is 23.2 Å². The van der Waals surface area contributed by atoms with Gasteiger partial charge in [-0.05, 0) is 74.8 Å². The van der Waals surface area contributed by atoms with Crippen LogP contribution in [0.5, 0.6) is 0 Å². The van der Waals surface area contributed by atoms with E-state index in [1.54, 1.807) is 0 Å². The molecule has 1 aliphatic heterocycles. The van der Waals surface area contributed by atoms with Crippen molar-refractivity contribution >= 4 is 23.3 Å². The third-order valence-electron chi connectivity index (χ3n) is 8.04. The molecule has 0 spiro atoms. The summed E-state index contributed by atoms with van der Waals surface area (Å²) in [6.45, 7) is 7.51. The van der Waals surface area contributed by atoms with E-state index in [1.807, 2.05) is 12.1 Å². The highest BCUT2D eigenvalue weighted by Crippen LogP contribution is 2.48. The average molecular weight is 470 g/mol. The molecule has 1 atom stereocenters. The quantitative estimate of drug-likeness (QED) is 0.533. The molecule has 4 rings (SSSR count). The minimum absolute atomic E-state index is 0.181. The lowest BCUT2D eigenvalue weighted by Gasteiger charge is -2.41. The van der Waals surface area contributed by atoms with Gasteiger partial charge in [-0.25, -0.2) is 0 Å². The number of hydrogen-bond donors (Lipinski definition) is 0. The van der Waals surface area contributed by atoms with Crippen LogP contribution in [-0.2, 0) is 22.6 Å². The van der Waals surface area contributed by atoms with Crippen LogP contribution in [-0.4, -0.2) is 47.2 Å². The van der Waals surface area contributed by atoms with E-state index >= 15 is 0 Å². The Hall–Kier alpha value is -1.90. The molecular formula is C27H36ClN3O2. The minimum Gasteiger partial charge on any atom is -0.337 e. The Bertz CT molecular complexity index is 943. The van der Waals surface area contributed by atoms with Crippen molar-refractivity contribution in [1.29, 1.82) is 5.26 Å². The van der Waals surface area contributed by atoms with Crippen LogP contribution in [0.15, 0.2) is 12.1 Å². The topological polar surface area (TPSA) is 64.4 Å². The van der Waals surface area contributed by atoms with Crippen molar-refractivity contribution in [2.75, 3.05) is 19.6 Å². The van der Waals surface area contributed by atoms with Gasteiger partial charge in [0, 0.05) is 56.0 Å². The summed E-state index contributed by atoms with van der Waals surface area (Å²) in [6, 6.07) is 6.51. The van der Waals surface area contributed by atoms with E-state index in [2.05, 4.69) is 29.7 Å². The fourth-order valence-electron chi connectivity index (χ4n) is 5.55. The standard InChI is InChI=1S/C27H36ClN3O2/c1-19-16-30(11-12-31(19)26(33)21-5-3-4-6-21)17-23-14-24(28)13-22(20(23)2)15-25(32)7-8-27(18-29)9-10-27/h13-14,19,21H,3-12,15-17H2,1-2H3/t19-/m0/s1. The van der Waals surface area contributed by atoms with Crippen LogP contribution in [0.25, 0.3) is 0 Å². The second-order valence-electron chi connectivity index (χ2n) is 10.6. The van der Waals surface area contributed by atoms with Gasteiger partial charge in [0.2, 0.25) is 5.91 Å². The van der Waals surface area contributed by atoms with E-state index in [1.165, 1.54) is 12.8 Å². The zero-order chi connectivity index (χ0) is 23.6. The fourth-order valence-corrected chi connectivity index (χ4v) is 5.81. The van der Waals surface area contributed by atoms with Crippen LogP contribution in [0.2, 0.25) is 5.02 Å². The van der Waals surface area contributed by atoms with Gasteiger partial charge in [-0.3, -0.25) is 14.5 Å². The highest BCUT2D eigenvalue weighted by atomic mass is 35.5. The van der Waals surface area contributed by atoms with Crippen molar-refractivity contribution in [3.8, 4) is 6.07 Å². The van der Waals surface area contributed by atoms with Gasteiger partial charge in [0.25, 0.3) is 0 Å². The van der Waals surface area contributed by atoms with Gasteiger partial charge in [-0.2, -0.15) is 5.26 Å². The summed E-state index contributed by atoms with van der Waals surface area (Å²) in [4.78, 5) is 30.0. The Morgan fingerprint density at radius 2 is 1.88 bits per heavy atom. The van der Waals surface area contributed by atoms with Crippen LogP contribution >= 0.6 is 11.6 Å². The van der Waals surface area contributed by atoms with Crippen LogP contribution in [0, 0.1) is 29.6 Å². The van der Waals surface area contributed by atoms with E-state index in [0.29, 0.717) is 30.2 Å². The molecule has 33 heavy (non-hydrogen) atoms. The molecule has 3 fully saturated rings. The maximum absolute atomic E-state index is 12.9. The first-order valence-electron chi connectivity index (χ1n) is 12.5. The van der Waals surface area contributed by atoms with E-state index in [0.717, 1.165) is 68.6 Å². The molecule has 2 saturated carbocycles. The minimum atomic E-state index is -0.234. The normalized spacial score (nSPS) is 22.8. The number of ketones is 1. The summed E-state index contributed by atoms with van der Waals surface area (Å²) in [5.41, 5.74) is 3.05. The molecule has 178 valence electrons. The molecule has 0 radical (unpaired) electrons. The number of rotatable bonds is 8. The van der Waals surface area contributed by atoms with Crippen LogP contribution in [0.1, 0.15) is 75.0 Å². The molecule has 0 aromatic heterocycles. The Labute approximate surface area is 203 Å². The largest absolute Gasteiger partial charge is 0.337 e. The lowest BCUT2D eigenvalue weighted by Crippen LogP contribution is -2.54. The summed E-state index contributed by atoms with van der Waals surface area (Å²) in [7, 11) is 0. The van der Waals surface area contributed by atoms with Crippen molar-refractivity contribution in [3.63, 3.8) is 0 Å². The predicted octanol–water partition coefficient (Wildman–Crippen LogP) is 5.07. The number of hydrogen-bond acceptors (Lipinski definition) is 4. The molecule has 1 heterocycles. The smallest absolute Gasteiger partial charge is 0.226 e. The number of amides is 1. The molecular weight excluding hydrogens is 434 g/mol. The highest BCUT2D eigenvalue weighted by molar-refractivity contribution is 6.30. The second-order valence-corrected chi connectivity index (χ2v) is 11.0. The average Bonchev–Trinajstić information content (AvgIpc) is 3.36. The van der Waals surface area contributed by atoms with Gasteiger partial charge in [0.05, 0.1) is 11.5 Å². The molecule has 0 N–H and O–H groups in total. The van der Waals surface area contributed by atoms with E-state index in [9.17, 15) is 14.9 Å². The molecule has 1 amide bonds. The number of nitriles is 1. The molecule has 1 aromatic carbocycles. The Kier molecular flexibility index (Phi) is 7.46. The van der Waals surface area contributed by atoms with Crippen LogP contribution in [0.4, 0.5) is 0 Å². The Morgan fingerprint density at radius 3 is 2.52 bits per heavy atom. The summed E-state index contributed by atoms with van der Waals surface area (Å²) in [5, 5.41) is 9.91. The maximum Gasteiger partial charge on any atom is 0.226 e. The lowest BCUT2D eigenvalue weighted by atomic mass is 9.94. The van der Waals surface area contributed by atoms with Crippen LogP contribution in [0.3, 0.4) is 0 Å². The van der Waals surface area contributed by atoms with Crippen molar-refractivity contribution in [2.45, 2.75) is 84.2 Å². The zero-order valence-electron chi connectivity index (χ0n) is 20.0. The molecule has 2 aliphatic carbocycles. The van der Waals surface area contributed by atoms with Crippen molar-refractivity contribution in [2.24, 2.45) is 11.3 Å². The number of halogens is 1. The van der Waals surface area contributed by atoms with Gasteiger partial charge in [0.1, 0.15) is 5.78 Å². The molecule has 3 aliphatic rings. The maximum atomic E-state index is 12.9. The second kappa shape index (κ2) is 10.2. The molecule has 1 aromatic rings. The number of benzene rings is 1. The first-order valence-corrected chi connectivity index (χ1v) is 12.9. The van der Waals surface area contributed by atoms with Crippen molar-refractivity contribution < 1.29 is 9.59 Å². The van der Waals surface area contributed by atoms with Gasteiger partial charge in [-0.15, -0.1) is 0 Å². The number of carbonyl (C=O) groups excluding carboxylic acids is 2. The molecule has 0 unspecified atom stereocenters. The number of Topliss-reactive ketones (excluding diaryl/α,β-unsaturated/α-hetero) is 1. The highest BCUT2D eigenvalue weighted by Gasteiger charge is 2.42. The lowest BCUT2D eigenvalue weighted by molar-refractivity contribution is -0.140. The molecule has 5 nitrogen and oxygen atoms in total. The first kappa shape index (κ1) is 24.2. The third-order valence-corrected chi connectivity index (χ3v) is 8.26. The zero-order valence-corrected chi connectivity index (χ0v) is 20.8. The number of piperazine rings is 1. The van der Waals surface area contributed by atoms with Crippen molar-refractivity contribution in [3.05, 3.63) is 33.8 Å². The molecule has 6 heteroatoms. The monoisotopic (exact) mass is 469 g/mol. The van der Waals surface area contributed by atoms with Crippen LogP contribution < -0.4 is 0 Å². The molecule has 1 saturated heterocycles. The first-order chi connectivity index (χ1) is 15.8. The summed E-state index contributed by atoms with van der Waals surface area (Å²) in [5.74, 6) is 0.765. The number of nitrogens with zero attached hydrogens (tertiary/aromatic N) is 3. The number of carbonyl (C=O) groups is 2. The summed E-state index contributed by atoms with van der Waals surface area (Å²) in [6.07, 6.45) is 7.83. The van der Waals surface area contributed by atoms with Gasteiger partial charge in [0.15, 0.2) is 0 Å². The van der Waals surface area contributed by atoms with E-state index < -0.39 is 0 Å². The van der Waals surface area contributed by atoms with Gasteiger partial charge >= 0.3 is 0 Å². The third kappa shape index (κ3) is 5.78.